The molecule has 0 bridgehead atoms. The molecule has 6 nitrogen and oxygen atoms in total. The highest BCUT2D eigenvalue weighted by atomic mass is 32.2. The van der Waals surface area contributed by atoms with E-state index in [1.54, 1.807) is 49.3 Å². The first-order valence-electron chi connectivity index (χ1n) is 7.96. The number of ether oxygens (including phenoxy) is 1. The second-order valence-electron chi connectivity index (χ2n) is 5.90. The Morgan fingerprint density at radius 2 is 1.96 bits per heavy atom. The molecule has 1 aliphatic heterocycles. The lowest BCUT2D eigenvalue weighted by molar-refractivity contribution is -0.117. The number of hydrogen-bond donors (Lipinski definition) is 1. The molecule has 0 unspecified atom stereocenters. The monoisotopic (exact) mass is 360 g/mol. The van der Waals surface area contributed by atoms with Crippen LogP contribution in [0.1, 0.15) is 18.1 Å². The van der Waals surface area contributed by atoms with E-state index in [1.807, 2.05) is 6.92 Å². The molecule has 1 heterocycles. The number of anilines is 2. The van der Waals surface area contributed by atoms with E-state index in [4.69, 9.17) is 4.74 Å². The van der Waals surface area contributed by atoms with Crippen molar-refractivity contribution < 1.29 is 17.9 Å². The smallest absolute Gasteiger partial charge is 0.261 e. The Hall–Kier alpha value is -2.54. The van der Waals surface area contributed by atoms with Gasteiger partial charge in [-0.25, -0.2) is 8.42 Å². The molecule has 3 rings (SSSR count). The summed E-state index contributed by atoms with van der Waals surface area (Å²) in [5, 5.41) is 0. The summed E-state index contributed by atoms with van der Waals surface area (Å²) >= 11 is 0. The number of carbonyl (C=O) groups is 1. The van der Waals surface area contributed by atoms with Crippen LogP contribution in [0, 0.1) is 6.92 Å². The molecule has 0 fully saturated rings. The van der Waals surface area contributed by atoms with Crippen molar-refractivity contribution >= 4 is 27.3 Å². The van der Waals surface area contributed by atoms with Crippen molar-refractivity contribution in [2.24, 2.45) is 0 Å². The van der Waals surface area contributed by atoms with Crippen LogP contribution in [-0.4, -0.2) is 28.0 Å². The van der Waals surface area contributed by atoms with Gasteiger partial charge >= 0.3 is 0 Å². The number of benzene rings is 2. The Morgan fingerprint density at radius 3 is 2.60 bits per heavy atom. The molecule has 0 aliphatic carbocycles. The Morgan fingerprint density at radius 1 is 1.20 bits per heavy atom. The van der Waals surface area contributed by atoms with Crippen LogP contribution in [0.15, 0.2) is 41.3 Å². The van der Waals surface area contributed by atoms with Crippen LogP contribution < -0.4 is 14.4 Å². The lowest BCUT2D eigenvalue weighted by Gasteiger charge is -2.15. The minimum Gasteiger partial charge on any atom is -0.496 e. The number of nitrogens with zero attached hydrogens (tertiary/aromatic N) is 1. The van der Waals surface area contributed by atoms with Crippen molar-refractivity contribution in [1.82, 2.24) is 0 Å². The van der Waals surface area contributed by atoms with E-state index in [0.717, 1.165) is 16.8 Å². The molecular weight excluding hydrogens is 340 g/mol. The molecule has 0 aromatic heterocycles. The third kappa shape index (κ3) is 3.19. The summed E-state index contributed by atoms with van der Waals surface area (Å²) in [5.74, 6) is 0.665. The van der Waals surface area contributed by atoms with Crippen LogP contribution in [0.5, 0.6) is 5.75 Å². The van der Waals surface area contributed by atoms with Gasteiger partial charge in [0.05, 0.1) is 18.4 Å². The third-order valence-corrected chi connectivity index (χ3v) is 5.64. The SMILES string of the molecule is CCN1C(=O)Cc2cc(NS(=O)(=O)c3ccc(OC)c(C)c3)ccc21. The van der Waals surface area contributed by atoms with Crippen molar-refractivity contribution in [3.63, 3.8) is 0 Å². The number of aryl methyl sites for hydroxylation is 1. The van der Waals surface area contributed by atoms with Gasteiger partial charge in [0.15, 0.2) is 0 Å². The van der Waals surface area contributed by atoms with Gasteiger partial charge in [-0.3, -0.25) is 9.52 Å². The normalized spacial score (nSPS) is 13.7. The summed E-state index contributed by atoms with van der Waals surface area (Å²) in [5.41, 5.74) is 2.86. The lowest BCUT2D eigenvalue weighted by Crippen LogP contribution is -2.25. The van der Waals surface area contributed by atoms with E-state index in [2.05, 4.69) is 4.72 Å². The van der Waals surface area contributed by atoms with Gasteiger partial charge in [0.1, 0.15) is 5.75 Å². The largest absolute Gasteiger partial charge is 0.496 e. The van der Waals surface area contributed by atoms with E-state index in [1.165, 1.54) is 6.07 Å². The Bertz CT molecular complexity index is 938. The Balaban J connectivity index is 1.88. The van der Waals surface area contributed by atoms with Gasteiger partial charge < -0.3 is 9.64 Å². The zero-order chi connectivity index (χ0) is 18.2. The fourth-order valence-corrected chi connectivity index (χ4v) is 4.16. The number of likely N-dealkylation sites (N-methyl/N-ethyl adjacent to an activating group) is 1. The summed E-state index contributed by atoms with van der Waals surface area (Å²) < 4.78 is 33.0. The topological polar surface area (TPSA) is 75.7 Å². The number of rotatable bonds is 5. The first-order chi connectivity index (χ1) is 11.9. The second-order valence-corrected chi connectivity index (χ2v) is 7.58. The molecule has 0 radical (unpaired) electrons. The second kappa shape index (κ2) is 6.40. The zero-order valence-electron chi connectivity index (χ0n) is 14.4. The van der Waals surface area contributed by atoms with Crippen LogP contribution >= 0.6 is 0 Å². The molecular formula is C18H20N2O4S. The molecule has 132 valence electrons. The van der Waals surface area contributed by atoms with Gasteiger partial charge in [-0.15, -0.1) is 0 Å². The Kier molecular flexibility index (Phi) is 4.43. The number of carbonyl (C=O) groups excluding carboxylic acids is 1. The van der Waals surface area contributed by atoms with Gasteiger partial charge in [-0.05, 0) is 61.4 Å². The first-order valence-corrected chi connectivity index (χ1v) is 9.44. The highest BCUT2D eigenvalue weighted by molar-refractivity contribution is 7.92. The van der Waals surface area contributed by atoms with Crippen molar-refractivity contribution in [1.29, 1.82) is 0 Å². The van der Waals surface area contributed by atoms with Crippen LogP contribution in [0.4, 0.5) is 11.4 Å². The summed E-state index contributed by atoms with van der Waals surface area (Å²) in [4.78, 5) is 13.8. The van der Waals surface area contributed by atoms with Crippen LogP contribution in [0.3, 0.4) is 0 Å². The van der Waals surface area contributed by atoms with E-state index >= 15 is 0 Å². The maximum atomic E-state index is 12.6. The van der Waals surface area contributed by atoms with Gasteiger partial charge in [-0.1, -0.05) is 0 Å². The van der Waals surface area contributed by atoms with Crippen molar-refractivity contribution in [2.45, 2.75) is 25.2 Å². The van der Waals surface area contributed by atoms with Gasteiger partial charge in [-0.2, -0.15) is 0 Å². The van der Waals surface area contributed by atoms with E-state index in [9.17, 15) is 13.2 Å². The summed E-state index contributed by atoms with van der Waals surface area (Å²) in [7, 11) is -2.17. The molecule has 0 saturated heterocycles. The summed E-state index contributed by atoms with van der Waals surface area (Å²) in [6, 6.07) is 9.87. The fourth-order valence-electron chi connectivity index (χ4n) is 3.03. The molecule has 2 aromatic rings. The molecule has 7 heteroatoms. The number of nitrogens with one attached hydrogen (secondary N) is 1. The van der Waals surface area contributed by atoms with Crippen molar-refractivity contribution in [3.05, 3.63) is 47.5 Å². The number of amides is 1. The highest BCUT2D eigenvalue weighted by Gasteiger charge is 2.26. The predicted molar refractivity (Wildman–Crippen MR) is 96.7 cm³/mol. The predicted octanol–water partition coefficient (Wildman–Crippen LogP) is 2.71. The van der Waals surface area contributed by atoms with Crippen molar-refractivity contribution in [2.75, 3.05) is 23.3 Å². The van der Waals surface area contributed by atoms with E-state index < -0.39 is 10.0 Å². The molecule has 0 saturated carbocycles. The molecule has 1 amide bonds. The highest BCUT2D eigenvalue weighted by Crippen LogP contribution is 2.32. The van der Waals surface area contributed by atoms with Gasteiger partial charge in [0.2, 0.25) is 5.91 Å². The number of sulfonamides is 1. The minimum atomic E-state index is -3.71. The van der Waals surface area contributed by atoms with Gasteiger partial charge in [0.25, 0.3) is 10.0 Å². The standard InChI is InChI=1S/C18H20N2O4S/c1-4-20-16-7-5-14(10-13(16)11-18(20)21)19-25(22,23)15-6-8-17(24-3)12(2)9-15/h5-10,19H,4,11H2,1-3H3. The molecule has 0 atom stereocenters. The molecule has 0 spiro atoms. The van der Waals surface area contributed by atoms with E-state index in [0.29, 0.717) is 24.4 Å². The Labute approximate surface area is 147 Å². The molecule has 1 aliphatic rings. The summed E-state index contributed by atoms with van der Waals surface area (Å²) in [6.45, 7) is 4.30. The lowest BCUT2D eigenvalue weighted by atomic mass is 10.1. The number of methoxy groups -OCH3 is 1. The minimum absolute atomic E-state index is 0.0308. The quantitative estimate of drug-likeness (QED) is 0.889. The average molecular weight is 360 g/mol. The maximum absolute atomic E-state index is 12.6. The zero-order valence-corrected chi connectivity index (χ0v) is 15.2. The average Bonchev–Trinajstić information content (AvgIpc) is 2.88. The molecule has 25 heavy (non-hydrogen) atoms. The summed E-state index contributed by atoms with van der Waals surface area (Å²) in [6.07, 6.45) is 0.292. The first kappa shape index (κ1) is 17.3. The van der Waals surface area contributed by atoms with E-state index in [-0.39, 0.29) is 10.8 Å². The van der Waals surface area contributed by atoms with Crippen LogP contribution in [0.25, 0.3) is 0 Å². The van der Waals surface area contributed by atoms with Crippen LogP contribution in [0.2, 0.25) is 0 Å². The maximum Gasteiger partial charge on any atom is 0.261 e. The third-order valence-electron chi connectivity index (χ3n) is 4.26. The van der Waals surface area contributed by atoms with Crippen molar-refractivity contribution in [3.8, 4) is 5.75 Å². The molecule has 2 aromatic carbocycles. The molecule has 1 N–H and O–H groups in total. The number of hydrogen-bond acceptors (Lipinski definition) is 4. The van der Waals surface area contributed by atoms with Gasteiger partial charge in [0, 0.05) is 17.9 Å². The number of fused-ring (bicyclic) bond motifs is 1. The van der Waals surface area contributed by atoms with Crippen LogP contribution in [-0.2, 0) is 21.2 Å². The fraction of sp³-hybridized carbons (Fsp3) is 0.278.